The maximum Gasteiger partial charge on any atom is 0.330 e. The number of piperidine rings is 1. The third-order valence-electron chi connectivity index (χ3n) is 4.27. The predicted octanol–water partition coefficient (Wildman–Crippen LogP) is 3.51. The van der Waals surface area contributed by atoms with Crippen LogP contribution in [0.5, 0.6) is 0 Å². The van der Waals surface area contributed by atoms with Crippen molar-refractivity contribution in [2.24, 2.45) is 5.41 Å². The van der Waals surface area contributed by atoms with Crippen molar-refractivity contribution in [3.05, 3.63) is 29.3 Å². The van der Waals surface area contributed by atoms with Crippen molar-refractivity contribution in [2.45, 2.75) is 52.9 Å². The average Bonchev–Trinajstić information content (AvgIpc) is 2.47. The Morgan fingerprint density at radius 1 is 1.32 bits per heavy atom. The van der Waals surface area contributed by atoms with Crippen LogP contribution in [-0.4, -0.2) is 24.1 Å². The number of hydrogen-bond donors (Lipinski definition) is 1. The van der Waals surface area contributed by atoms with E-state index in [0.29, 0.717) is 5.92 Å². The van der Waals surface area contributed by atoms with Crippen LogP contribution in [0.1, 0.15) is 57.6 Å². The monoisotopic (exact) mass is 304 g/mol. The number of nitrogens with two attached hydrogens (primary N) is 1. The summed E-state index contributed by atoms with van der Waals surface area (Å²) in [5, 5.41) is 1.81. The lowest BCUT2D eigenvalue weighted by Gasteiger charge is -2.33. The number of anilines is 1. The summed E-state index contributed by atoms with van der Waals surface area (Å²) in [6, 6.07) is 6.23. The van der Waals surface area contributed by atoms with Crippen molar-refractivity contribution in [3.63, 3.8) is 0 Å². The van der Waals surface area contributed by atoms with Crippen LogP contribution < -0.4 is 5.73 Å². The summed E-state index contributed by atoms with van der Waals surface area (Å²) < 4.78 is 0. The van der Waals surface area contributed by atoms with Crippen LogP contribution in [0.25, 0.3) is 0 Å². The number of rotatable bonds is 3. The van der Waals surface area contributed by atoms with E-state index in [1.165, 1.54) is 11.1 Å². The lowest BCUT2D eigenvalue weighted by atomic mass is 9.86. The topological polar surface area (TPSA) is 55.6 Å². The zero-order chi connectivity index (χ0) is 16.3. The van der Waals surface area contributed by atoms with E-state index in [-0.39, 0.29) is 5.97 Å². The molecule has 1 aliphatic rings. The highest BCUT2D eigenvalue weighted by Crippen LogP contribution is 2.32. The van der Waals surface area contributed by atoms with Crippen LogP contribution in [-0.2, 0) is 16.1 Å². The number of carbonyl (C=O) groups excluding carboxylic acids is 1. The van der Waals surface area contributed by atoms with Gasteiger partial charge in [-0.2, -0.15) is 0 Å². The van der Waals surface area contributed by atoms with E-state index in [4.69, 9.17) is 10.6 Å². The van der Waals surface area contributed by atoms with Crippen molar-refractivity contribution in [2.75, 3.05) is 18.8 Å². The maximum atomic E-state index is 11.9. The average molecular weight is 304 g/mol. The smallest absolute Gasteiger partial charge is 0.330 e. The van der Waals surface area contributed by atoms with Crippen molar-refractivity contribution >= 4 is 11.7 Å². The van der Waals surface area contributed by atoms with E-state index in [1.807, 2.05) is 31.9 Å². The molecular formula is C18H28N2O2. The van der Waals surface area contributed by atoms with Crippen LogP contribution in [0.3, 0.4) is 0 Å². The molecule has 4 nitrogen and oxygen atoms in total. The molecule has 122 valence electrons. The Morgan fingerprint density at radius 3 is 2.50 bits per heavy atom. The zero-order valence-corrected chi connectivity index (χ0v) is 14.2. The fraction of sp³-hybridized carbons (Fsp3) is 0.611. The van der Waals surface area contributed by atoms with E-state index in [9.17, 15) is 4.79 Å². The standard InChI is InChI=1S/C18H28N2O2/c1-5-13-12-15(19)6-7-16(13)14-8-10-20(11-9-14)22-17(21)18(2,3)4/h6-7,12,14H,5,8-11,19H2,1-4H3. The Kier molecular flexibility index (Phi) is 5.12. The SMILES string of the molecule is CCc1cc(N)ccc1C1CCN(OC(=O)C(C)(C)C)CC1. The van der Waals surface area contributed by atoms with Gasteiger partial charge in [0.15, 0.2) is 0 Å². The number of hydroxylamine groups is 2. The normalized spacial score (nSPS) is 17.5. The molecule has 0 spiro atoms. The zero-order valence-electron chi connectivity index (χ0n) is 14.2. The van der Waals surface area contributed by atoms with Gasteiger partial charge in [-0.05, 0) is 69.2 Å². The fourth-order valence-corrected chi connectivity index (χ4v) is 2.84. The number of hydrogen-bond acceptors (Lipinski definition) is 4. The van der Waals surface area contributed by atoms with Gasteiger partial charge >= 0.3 is 5.97 Å². The Labute approximate surface area is 133 Å². The molecule has 0 bridgehead atoms. The van der Waals surface area contributed by atoms with Crippen molar-refractivity contribution < 1.29 is 9.63 Å². The van der Waals surface area contributed by atoms with Gasteiger partial charge < -0.3 is 10.6 Å². The molecule has 0 unspecified atom stereocenters. The summed E-state index contributed by atoms with van der Waals surface area (Å²) in [4.78, 5) is 17.4. The first-order valence-electron chi connectivity index (χ1n) is 8.17. The Hall–Kier alpha value is -1.55. The van der Waals surface area contributed by atoms with Gasteiger partial charge in [0.1, 0.15) is 0 Å². The van der Waals surface area contributed by atoms with Gasteiger partial charge in [-0.25, -0.2) is 4.79 Å². The number of benzene rings is 1. The summed E-state index contributed by atoms with van der Waals surface area (Å²) in [6.45, 7) is 9.39. The minimum Gasteiger partial charge on any atom is -0.399 e. The molecule has 0 aliphatic carbocycles. The van der Waals surface area contributed by atoms with E-state index in [0.717, 1.165) is 38.0 Å². The summed E-state index contributed by atoms with van der Waals surface area (Å²) in [5.74, 6) is 0.368. The Balaban J connectivity index is 1.96. The molecule has 0 saturated carbocycles. The van der Waals surface area contributed by atoms with Gasteiger partial charge in [0.05, 0.1) is 5.41 Å². The molecule has 1 saturated heterocycles. The molecule has 1 fully saturated rings. The van der Waals surface area contributed by atoms with E-state index in [1.54, 1.807) is 0 Å². The van der Waals surface area contributed by atoms with Gasteiger partial charge in [0, 0.05) is 18.8 Å². The summed E-state index contributed by atoms with van der Waals surface area (Å²) in [6.07, 6.45) is 3.02. The first-order valence-corrected chi connectivity index (χ1v) is 8.17. The lowest BCUT2D eigenvalue weighted by molar-refractivity contribution is -0.204. The molecule has 2 rings (SSSR count). The van der Waals surface area contributed by atoms with Gasteiger partial charge in [0.25, 0.3) is 0 Å². The molecule has 1 aromatic rings. The van der Waals surface area contributed by atoms with Crippen molar-refractivity contribution in [3.8, 4) is 0 Å². The molecule has 0 aromatic heterocycles. The van der Waals surface area contributed by atoms with Crippen LogP contribution in [0.2, 0.25) is 0 Å². The quantitative estimate of drug-likeness (QED) is 0.868. The molecule has 2 N–H and O–H groups in total. The third kappa shape index (κ3) is 4.01. The van der Waals surface area contributed by atoms with Crippen LogP contribution in [0, 0.1) is 5.41 Å². The number of carbonyl (C=O) groups is 1. The number of nitrogens with zero attached hydrogens (tertiary/aromatic N) is 1. The Bertz CT molecular complexity index is 526. The van der Waals surface area contributed by atoms with Gasteiger partial charge in [-0.1, -0.05) is 13.0 Å². The fourth-order valence-electron chi connectivity index (χ4n) is 2.84. The summed E-state index contributed by atoms with van der Waals surface area (Å²) >= 11 is 0. The molecule has 0 radical (unpaired) electrons. The van der Waals surface area contributed by atoms with E-state index < -0.39 is 5.41 Å². The van der Waals surface area contributed by atoms with Gasteiger partial charge in [-0.15, -0.1) is 5.06 Å². The first-order chi connectivity index (χ1) is 10.3. The Morgan fingerprint density at radius 2 is 1.95 bits per heavy atom. The molecule has 4 heteroatoms. The highest BCUT2D eigenvalue weighted by Gasteiger charge is 2.29. The van der Waals surface area contributed by atoms with Gasteiger partial charge in [0.2, 0.25) is 0 Å². The molecule has 1 aliphatic heterocycles. The summed E-state index contributed by atoms with van der Waals surface area (Å²) in [7, 11) is 0. The molecular weight excluding hydrogens is 276 g/mol. The molecule has 22 heavy (non-hydrogen) atoms. The van der Waals surface area contributed by atoms with Crippen molar-refractivity contribution in [1.29, 1.82) is 0 Å². The predicted molar refractivity (Wildman–Crippen MR) is 89.3 cm³/mol. The van der Waals surface area contributed by atoms with Crippen LogP contribution >= 0.6 is 0 Å². The lowest BCUT2D eigenvalue weighted by Crippen LogP contribution is -2.38. The maximum absolute atomic E-state index is 11.9. The first kappa shape index (κ1) is 16.8. The highest BCUT2D eigenvalue weighted by molar-refractivity contribution is 5.75. The second kappa shape index (κ2) is 6.69. The second-order valence-electron chi connectivity index (χ2n) is 7.14. The van der Waals surface area contributed by atoms with Crippen molar-refractivity contribution in [1.82, 2.24) is 5.06 Å². The molecule has 1 aromatic carbocycles. The molecule has 1 heterocycles. The number of nitrogen functional groups attached to an aromatic ring is 1. The highest BCUT2D eigenvalue weighted by atomic mass is 16.7. The van der Waals surface area contributed by atoms with Gasteiger partial charge in [-0.3, -0.25) is 0 Å². The minimum atomic E-state index is -0.455. The minimum absolute atomic E-state index is 0.160. The third-order valence-corrected chi connectivity index (χ3v) is 4.27. The molecule has 0 amide bonds. The largest absolute Gasteiger partial charge is 0.399 e. The number of aryl methyl sites for hydroxylation is 1. The summed E-state index contributed by atoms with van der Waals surface area (Å²) in [5.41, 5.74) is 9.00. The van der Waals surface area contributed by atoms with Crippen LogP contribution in [0.15, 0.2) is 18.2 Å². The molecule has 0 atom stereocenters. The van der Waals surface area contributed by atoms with E-state index in [2.05, 4.69) is 19.1 Å². The van der Waals surface area contributed by atoms with E-state index >= 15 is 0 Å². The second-order valence-corrected chi connectivity index (χ2v) is 7.14. The van der Waals surface area contributed by atoms with Crippen LogP contribution in [0.4, 0.5) is 5.69 Å².